The number of aromatic nitrogens is 1. The molecule has 5 heteroatoms. The number of nitrogens with one attached hydrogen (secondary N) is 1. The molecular weight excluding hydrogens is 276 g/mol. The maximum atomic E-state index is 12.2. The fourth-order valence-corrected chi connectivity index (χ4v) is 2.42. The van der Waals surface area contributed by atoms with E-state index in [1.54, 1.807) is 12.1 Å². The minimum atomic E-state index is -0.159. The van der Waals surface area contributed by atoms with Crippen molar-refractivity contribution < 1.29 is 9.32 Å². The van der Waals surface area contributed by atoms with E-state index in [9.17, 15) is 4.79 Å². The summed E-state index contributed by atoms with van der Waals surface area (Å²) in [6.07, 6.45) is 0. The van der Waals surface area contributed by atoms with Gasteiger partial charge in [-0.3, -0.25) is 4.79 Å². The van der Waals surface area contributed by atoms with Crippen molar-refractivity contribution in [1.82, 2.24) is 10.5 Å². The van der Waals surface area contributed by atoms with Gasteiger partial charge in [0.05, 0.1) is 11.7 Å². The second-order valence-electron chi connectivity index (χ2n) is 4.77. The minimum absolute atomic E-state index is 0.135. The summed E-state index contributed by atoms with van der Waals surface area (Å²) in [7, 11) is 0. The monoisotopic (exact) mass is 292 g/mol. The smallest absolute Gasteiger partial charge is 0.251 e. The van der Waals surface area contributed by atoms with Crippen LogP contribution in [0.5, 0.6) is 0 Å². The number of hydrogen-bond acceptors (Lipinski definition) is 3. The highest BCUT2D eigenvalue weighted by Crippen LogP contribution is 2.21. The first kappa shape index (κ1) is 14.6. The molecule has 4 nitrogen and oxygen atoms in total. The van der Waals surface area contributed by atoms with E-state index in [-0.39, 0.29) is 11.9 Å². The van der Waals surface area contributed by atoms with Crippen molar-refractivity contribution in [2.24, 2.45) is 0 Å². The SMILES string of the molecule is Cc1noc(C)c1C(C)NC(=O)c1cccc(CCl)c1. The van der Waals surface area contributed by atoms with E-state index in [2.05, 4.69) is 10.5 Å². The van der Waals surface area contributed by atoms with Gasteiger partial charge in [-0.25, -0.2) is 0 Å². The van der Waals surface area contributed by atoms with Crippen LogP contribution in [0, 0.1) is 13.8 Å². The van der Waals surface area contributed by atoms with Crippen LogP contribution in [0.3, 0.4) is 0 Å². The van der Waals surface area contributed by atoms with Crippen molar-refractivity contribution in [2.75, 3.05) is 0 Å². The fraction of sp³-hybridized carbons (Fsp3) is 0.333. The number of benzene rings is 1. The van der Waals surface area contributed by atoms with Crippen LogP contribution in [0.2, 0.25) is 0 Å². The largest absolute Gasteiger partial charge is 0.361 e. The Balaban J connectivity index is 2.15. The first-order chi connectivity index (χ1) is 9.52. The van der Waals surface area contributed by atoms with Crippen LogP contribution in [0.1, 0.15) is 45.9 Å². The predicted molar refractivity (Wildman–Crippen MR) is 77.9 cm³/mol. The highest BCUT2D eigenvalue weighted by Gasteiger charge is 2.18. The molecule has 106 valence electrons. The molecule has 1 heterocycles. The molecule has 0 aliphatic rings. The lowest BCUT2D eigenvalue weighted by atomic mass is 10.1. The van der Waals surface area contributed by atoms with Crippen molar-refractivity contribution in [3.63, 3.8) is 0 Å². The Labute approximate surface area is 123 Å². The van der Waals surface area contributed by atoms with E-state index in [4.69, 9.17) is 16.1 Å². The van der Waals surface area contributed by atoms with Gasteiger partial charge in [-0.15, -0.1) is 11.6 Å². The van der Waals surface area contributed by atoms with Crippen molar-refractivity contribution >= 4 is 17.5 Å². The van der Waals surface area contributed by atoms with E-state index >= 15 is 0 Å². The van der Waals surface area contributed by atoms with Gasteiger partial charge in [0.15, 0.2) is 0 Å². The Hall–Kier alpha value is -1.81. The Bertz CT molecular complexity index is 603. The van der Waals surface area contributed by atoms with Gasteiger partial charge in [-0.05, 0) is 38.5 Å². The average molecular weight is 293 g/mol. The second-order valence-corrected chi connectivity index (χ2v) is 5.03. The van der Waals surface area contributed by atoms with Gasteiger partial charge >= 0.3 is 0 Å². The number of halogens is 1. The number of alkyl halides is 1. The van der Waals surface area contributed by atoms with E-state index in [1.807, 2.05) is 32.9 Å². The van der Waals surface area contributed by atoms with Gasteiger partial charge in [0.1, 0.15) is 5.76 Å². The van der Waals surface area contributed by atoms with Crippen LogP contribution in [-0.2, 0) is 5.88 Å². The molecule has 0 bridgehead atoms. The molecule has 1 atom stereocenters. The van der Waals surface area contributed by atoms with E-state index < -0.39 is 0 Å². The number of carbonyl (C=O) groups excluding carboxylic acids is 1. The van der Waals surface area contributed by atoms with Crippen LogP contribution in [0.25, 0.3) is 0 Å². The van der Waals surface area contributed by atoms with Gasteiger partial charge in [0.2, 0.25) is 0 Å². The lowest BCUT2D eigenvalue weighted by molar-refractivity contribution is 0.0939. The first-order valence-electron chi connectivity index (χ1n) is 6.41. The highest BCUT2D eigenvalue weighted by molar-refractivity contribution is 6.17. The lowest BCUT2D eigenvalue weighted by Gasteiger charge is -2.14. The molecular formula is C15H17ClN2O2. The van der Waals surface area contributed by atoms with Crippen LogP contribution in [-0.4, -0.2) is 11.1 Å². The van der Waals surface area contributed by atoms with Crippen LogP contribution in [0.15, 0.2) is 28.8 Å². The third-order valence-electron chi connectivity index (χ3n) is 3.21. The molecule has 1 N–H and O–H groups in total. The Kier molecular flexibility index (Phi) is 4.45. The van der Waals surface area contributed by atoms with Gasteiger partial charge < -0.3 is 9.84 Å². The molecule has 0 saturated heterocycles. The summed E-state index contributed by atoms with van der Waals surface area (Å²) in [6.45, 7) is 5.62. The highest BCUT2D eigenvalue weighted by atomic mass is 35.5. The van der Waals surface area contributed by atoms with E-state index in [0.717, 1.165) is 22.6 Å². The molecule has 0 saturated carbocycles. The number of nitrogens with zero attached hydrogens (tertiary/aromatic N) is 1. The lowest BCUT2D eigenvalue weighted by Crippen LogP contribution is -2.27. The molecule has 0 spiro atoms. The third-order valence-corrected chi connectivity index (χ3v) is 3.52. The van der Waals surface area contributed by atoms with Gasteiger partial charge in [-0.2, -0.15) is 0 Å². The zero-order chi connectivity index (χ0) is 14.7. The summed E-state index contributed by atoms with van der Waals surface area (Å²) in [5.41, 5.74) is 3.24. The van der Waals surface area contributed by atoms with Gasteiger partial charge in [-0.1, -0.05) is 17.3 Å². The van der Waals surface area contributed by atoms with Crippen molar-refractivity contribution in [3.8, 4) is 0 Å². The summed E-state index contributed by atoms with van der Waals surface area (Å²) in [5, 5.41) is 6.85. The average Bonchev–Trinajstić information content (AvgIpc) is 2.78. The minimum Gasteiger partial charge on any atom is -0.361 e. The Morgan fingerprint density at radius 1 is 1.45 bits per heavy atom. The summed E-state index contributed by atoms with van der Waals surface area (Å²) in [6, 6.07) is 7.12. The second kappa shape index (κ2) is 6.09. The molecule has 0 aliphatic carbocycles. The fourth-order valence-electron chi connectivity index (χ4n) is 2.26. The molecule has 0 aliphatic heterocycles. The number of rotatable bonds is 4. The topological polar surface area (TPSA) is 55.1 Å². The maximum Gasteiger partial charge on any atom is 0.251 e. The van der Waals surface area contributed by atoms with Crippen LogP contribution >= 0.6 is 11.6 Å². The molecule has 1 unspecified atom stereocenters. The predicted octanol–water partition coefficient (Wildman–Crippen LogP) is 3.52. The van der Waals surface area contributed by atoms with E-state index in [0.29, 0.717) is 11.4 Å². The van der Waals surface area contributed by atoms with Gasteiger partial charge in [0.25, 0.3) is 5.91 Å². The zero-order valence-corrected chi connectivity index (χ0v) is 12.5. The molecule has 1 aromatic carbocycles. The Morgan fingerprint density at radius 3 is 2.80 bits per heavy atom. The van der Waals surface area contributed by atoms with Crippen molar-refractivity contribution in [2.45, 2.75) is 32.7 Å². The molecule has 0 fully saturated rings. The number of amides is 1. The molecule has 1 aromatic heterocycles. The van der Waals surface area contributed by atoms with Crippen molar-refractivity contribution in [3.05, 3.63) is 52.4 Å². The number of aryl methyl sites for hydroxylation is 2. The normalized spacial score (nSPS) is 12.2. The maximum absolute atomic E-state index is 12.2. The zero-order valence-electron chi connectivity index (χ0n) is 11.7. The van der Waals surface area contributed by atoms with Crippen LogP contribution in [0.4, 0.5) is 0 Å². The van der Waals surface area contributed by atoms with Crippen LogP contribution < -0.4 is 5.32 Å². The summed E-state index contributed by atoms with van der Waals surface area (Å²) < 4.78 is 5.12. The summed E-state index contributed by atoms with van der Waals surface area (Å²) >= 11 is 5.78. The summed E-state index contributed by atoms with van der Waals surface area (Å²) in [4.78, 5) is 12.2. The third kappa shape index (κ3) is 3.02. The standard InChI is InChI=1S/C15H17ClN2O2/c1-9(14-10(2)18-20-11(14)3)17-15(19)13-6-4-5-12(7-13)8-16/h4-7,9H,8H2,1-3H3,(H,17,19). The molecule has 0 radical (unpaired) electrons. The molecule has 2 rings (SSSR count). The quantitative estimate of drug-likeness (QED) is 0.877. The van der Waals surface area contributed by atoms with Gasteiger partial charge in [0, 0.05) is 17.0 Å². The first-order valence-corrected chi connectivity index (χ1v) is 6.95. The van der Waals surface area contributed by atoms with Crippen molar-refractivity contribution in [1.29, 1.82) is 0 Å². The molecule has 1 amide bonds. The number of hydrogen-bond donors (Lipinski definition) is 1. The summed E-state index contributed by atoms with van der Waals surface area (Å²) in [5.74, 6) is 0.981. The van der Waals surface area contributed by atoms with E-state index in [1.165, 1.54) is 0 Å². The molecule has 2 aromatic rings. The number of carbonyl (C=O) groups is 1. The Morgan fingerprint density at radius 2 is 2.20 bits per heavy atom. The molecule has 20 heavy (non-hydrogen) atoms.